The van der Waals surface area contributed by atoms with Crippen LogP contribution in [0.1, 0.15) is 30.5 Å². The summed E-state index contributed by atoms with van der Waals surface area (Å²) in [6.07, 6.45) is 10.3. The molecule has 7 heteroatoms. The molecule has 0 saturated heterocycles. The van der Waals surface area contributed by atoms with Gasteiger partial charge in [0.1, 0.15) is 22.2 Å². The Morgan fingerprint density at radius 2 is 1.91 bits per heavy atom. The van der Waals surface area contributed by atoms with Crippen LogP contribution in [0.4, 0.5) is 0 Å². The normalized spacial score (nSPS) is 11.4. The van der Waals surface area contributed by atoms with Gasteiger partial charge in [-0.3, -0.25) is 4.40 Å². The van der Waals surface area contributed by atoms with E-state index < -0.39 is 0 Å². The molecule has 0 aliphatic heterocycles. The molecule has 162 valence electrons. The average molecular weight is 443 g/mol. The van der Waals surface area contributed by atoms with Crippen LogP contribution in [0.25, 0.3) is 38.3 Å². The molecule has 6 nitrogen and oxygen atoms in total. The Balaban J connectivity index is 1.60. The monoisotopic (exact) mass is 442 g/mol. The third-order valence-corrected chi connectivity index (χ3v) is 6.68. The van der Waals surface area contributed by atoms with Crippen LogP contribution < -0.4 is 5.73 Å². The first-order valence-electron chi connectivity index (χ1n) is 11.0. The number of unbranched alkanes of at least 4 members (excludes halogenated alkanes) is 2. The summed E-state index contributed by atoms with van der Waals surface area (Å²) in [5.41, 5.74) is 11.9. The molecule has 5 rings (SSSR count). The van der Waals surface area contributed by atoms with E-state index in [1.54, 1.807) is 17.5 Å². The highest BCUT2D eigenvalue weighted by molar-refractivity contribution is 7.18. The number of hydrogen-bond donors (Lipinski definition) is 2. The summed E-state index contributed by atoms with van der Waals surface area (Å²) in [5.74, 6) is 0.833. The van der Waals surface area contributed by atoms with Gasteiger partial charge in [0.05, 0.1) is 16.3 Å². The van der Waals surface area contributed by atoms with Crippen LogP contribution in [-0.2, 0) is 6.42 Å². The second kappa shape index (κ2) is 9.06. The molecule has 5 aromatic rings. The molecule has 0 bridgehead atoms. The van der Waals surface area contributed by atoms with Gasteiger partial charge in [-0.15, -0.1) is 11.3 Å². The van der Waals surface area contributed by atoms with E-state index in [0.29, 0.717) is 0 Å². The zero-order chi connectivity index (χ0) is 21.9. The van der Waals surface area contributed by atoms with Crippen LogP contribution in [0, 0.1) is 6.92 Å². The van der Waals surface area contributed by atoms with E-state index in [0.717, 1.165) is 76.2 Å². The number of pyridine rings is 1. The van der Waals surface area contributed by atoms with Gasteiger partial charge in [-0.25, -0.2) is 15.0 Å². The maximum absolute atomic E-state index is 5.64. The highest BCUT2D eigenvalue weighted by Gasteiger charge is 2.21. The predicted octanol–water partition coefficient (Wildman–Crippen LogP) is 5.49. The van der Waals surface area contributed by atoms with Crippen LogP contribution in [0.3, 0.4) is 0 Å². The number of hydrogen-bond acceptors (Lipinski definition) is 5. The van der Waals surface area contributed by atoms with Gasteiger partial charge in [0.2, 0.25) is 0 Å². The average Bonchev–Trinajstić information content (AvgIpc) is 3.55. The van der Waals surface area contributed by atoms with Crippen molar-refractivity contribution in [1.29, 1.82) is 0 Å². The second-order valence-electron chi connectivity index (χ2n) is 7.91. The molecule has 0 radical (unpaired) electrons. The van der Waals surface area contributed by atoms with Crippen molar-refractivity contribution in [2.24, 2.45) is 5.73 Å². The molecule has 0 amide bonds. The fourth-order valence-electron chi connectivity index (χ4n) is 4.03. The summed E-state index contributed by atoms with van der Waals surface area (Å²) in [5, 5.41) is 0.945. The molecule has 32 heavy (non-hydrogen) atoms. The summed E-state index contributed by atoms with van der Waals surface area (Å²) in [7, 11) is 0. The number of thiazole rings is 1. The lowest BCUT2D eigenvalue weighted by Crippen LogP contribution is -1.98. The van der Waals surface area contributed by atoms with Crippen LogP contribution in [0.5, 0.6) is 0 Å². The number of aromatic nitrogens is 5. The summed E-state index contributed by atoms with van der Waals surface area (Å²) >= 11 is 1.65. The lowest BCUT2D eigenvalue weighted by atomic mass is 10.1. The molecule has 0 fully saturated rings. The summed E-state index contributed by atoms with van der Waals surface area (Å²) in [6.45, 7) is 2.81. The number of nitrogens with zero attached hydrogens (tertiary/aromatic N) is 4. The molecule has 0 aliphatic carbocycles. The number of rotatable bonds is 8. The van der Waals surface area contributed by atoms with Gasteiger partial charge in [0.15, 0.2) is 0 Å². The highest BCUT2D eigenvalue weighted by atomic mass is 32.1. The van der Waals surface area contributed by atoms with Crippen LogP contribution in [0.2, 0.25) is 0 Å². The van der Waals surface area contributed by atoms with Crippen LogP contribution in [-0.4, -0.2) is 30.9 Å². The molecule has 0 unspecified atom stereocenters. The molecule has 1 aromatic carbocycles. The fraction of sp³-hybridized carbons (Fsp3) is 0.240. The Bertz CT molecular complexity index is 1320. The molecular weight excluding hydrogens is 416 g/mol. The van der Waals surface area contributed by atoms with Gasteiger partial charge in [-0.1, -0.05) is 42.8 Å². The SMILES string of the molecule is Cc1nc2ccc(CCCCCN)cn2c1-c1nc(-c2ccccc2)c(-c2ncc[nH]2)s1. The molecule has 0 saturated carbocycles. The minimum absolute atomic E-state index is 0.760. The number of nitrogens with two attached hydrogens (primary N) is 1. The minimum atomic E-state index is 0.760. The topological polar surface area (TPSA) is 84.9 Å². The molecule has 0 atom stereocenters. The molecule has 4 aromatic heterocycles. The molecular formula is C25H26N6S. The third kappa shape index (κ3) is 3.97. The standard InChI is InChI=1S/C25H26N6S/c1-17-22(31-16-18(8-4-3-7-13-26)11-12-20(31)29-17)25-30-21(19-9-5-2-6-10-19)23(32-25)24-27-14-15-28-24/h2,5-6,9-12,14-16H,3-4,7-8,13,26H2,1H3,(H,27,28). The van der Waals surface area contributed by atoms with E-state index in [1.165, 1.54) is 5.56 Å². The molecule has 0 spiro atoms. The maximum Gasteiger partial charge on any atom is 0.149 e. The van der Waals surface area contributed by atoms with Crippen molar-refractivity contribution in [3.63, 3.8) is 0 Å². The summed E-state index contributed by atoms with van der Waals surface area (Å²) in [6, 6.07) is 14.6. The second-order valence-corrected chi connectivity index (χ2v) is 8.91. The number of nitrogens with one attached hydrogen (secondary N) is 1. The van der Waals surface area contributed by atoms with Gasteiger partial charge in [0, 0.05) is 24.2 Å². The lowest BCUT2D eigenvalue weighted by Gasteiger charge is -2.05. The maximum atomic E-state index is 5.64. The predicted molar refractivity (Wildman–Crippen MR) is 131 cm³/mol. The number of fused-ring (bicyclic) bond motifs is 1. The quantitative estimate of drug-likeness (QED) is 0.311. The van der Waals surface area contributed by atoms with Gasteiger partial charge >= 0.3 is 0 Å². The third-order valence-electron chi connectivity index (χ3n) is 5.61. The minimum Gasteiger partial charge on any atom is -0.344 e. The van der Waals surface area contributed by atoms with Crippen molar-refractivity contribution >= 4 is 17.0 Å². The lowest BCUT2D eigenvalue weighted by molar-refractivity contribution is 0.685. The Labute approximate surface area is 191 Å². The first-order chi connectivity index (χ1) is 15.7. The number of H-pyrrole nitrogens is 1. The van der Waals surface area contributed by atoms with Crippen LogP contribution in [0.15, 0.2) is 61.1 Å². The largest absolute Gasteiger partial charge is 0.344 e. The Kier molecular flexibility index (Phi) is 5.83. The number of aromatic amines is 1. The molecule has 0 aliphatic rings. The fourth-order valence-corrected chi connectivity index (χ4v) is 5.17. The van der Waals surface area contributed by atoms with Crippen molar-refractivity contribution in [1.82, 2.24) is 24.3 Å². The molecule has 3 N–H and O–H groups in total. The van der Waals surface area contributed by atoms with Crippen LogP contribution >= 0.6 is 11.3 Å². The van der Waals surface area contributed by atoms with Gasteiger partial charge < -0.3 is 10.7 Å². The first-order valence-corrected chi connectivity index (χ1v) is 11.8. The number of imidazole rings is 2. The van der Waals surface area contributed by atoms with Crippen molar-refractivity contribution in [3.05, 3.63) is 72.3 Å². The number of aryl methyl sites for hydroxylation is 2. The van der Waals surface area contributed by atoms with Crippen molar-refractivity contribution < 1.29 is 0 Å². The van der Waals surface area contributed by atoms with Gasteiger partial charge in [0.25, 0.3) is 0 Å². The van der Waals surface area contributed by atoms with E-state index in [1.807, 2.05) is 24.4 Å². The Morgan fingerprint density at radius 3 is 2.69 bits per heavy atom. The van der Waals surface area contributed by atoms with E-state index in [9.17, 15) is 0 Å². The number of benzene rings is 1. The van der Waals surface area contributed by atoms with Crippen molar-refractivity contribution in [2.75, 3.05) is 6.54 Å². The first kappa shape index (κ1) is 20.6. The molecule has 4 heterocycles. The van der Waals surface area contributed by atoms with Gasteiger partial charge in [-0.2, -0.15) is 0 Å². The highest BCUT2D eigenvalue weighted by Crippen LogP contribution is 2.40. The van der Waals surface area contributed by atoms with E-state index >= 15 is 0 Å². The summed E-state index contributed by atoms with van der Waals surface area (Å²) < 4.78 is 2.19. The smallest absolute Gasteiger partial charge is 0.149 e. The van der Waals surface area contributed by atoms with E-state index in [4.69, 9.17) is 15.7 Å². The van der Waals surface area contributed by atoms with Crippen molar-refractivity contribution in [3.8, 4) is 32.7 Å². The van der Waals surface area contributed by atoms with Gasteiger partial charge in [-0.05, 0) is 44.4 Å². The zero-order valence-corrected chi connectivity index (χ0v) is 18.9. The Hall–Kier alpha value is -3.29. The van der Waals surface area contributed by atoms with Crippen molar-refractivity contribution in [2.45, 2.75) is 32.6 Å². The zero-order valence-electron chi connectivity index (χ0n) is 18.1. The van der Waals surface area contributed by atoms with E-state index in [-0.39, 0.29) is 0 Å². The Morgan fingerprint density at radius 1 is 1.03 bits per heavy atom. The summed E-state index contributed by atoms with van der Waals surface area (Å²) in [4.78, 5) is 18.7. The van der Waals surface area contributed by atoms with E-state index in [2.05, 4.69) is 51.8 Å².